The number of carbonyl (C=O) groups is 2. The number of aromatic nitrogens is 2. The summed E-state index contributed by atoms with van der Waals surface area (Å²) < 4.78 is 6.08. The molecule has 3 N–H and O–H groups in total. The highest BCUT2D eigenvalue weighted by Crippen LogP contribution is 2.40. The summed E-state index contributed by atoms with van der Waals surface area (Å²) >= 11 is 0. The number of carboxylic acids is 1. The van der Waals surface area contributed by atoms with Crippen molar-refractivity contribution in [1.29, 1.82) is 0 Å². The smallest absolute Gasteiger partial charge is 0.326 e. The number of benzene rings is 1. The van der Waals surface area contributed by atoms with E-state index >= 15 is 0 Å². The third kappa shape index (κ3) is 4.35. The predicted molar refractivity (Wildman–Crippen MR) is 131 cm³/mol. The van der Waals surface area contributed by atoms with E-state index in [0.717, 1.165) is 43.4 Å². The molecule has 0 bridgehead atoms. The quantitative estimate of drug-likeness (QED) is 0.686. The number of nitrogens with zero attached hydrogens (tertiary/aromatic N) is 4. The molecule has 1 saturated heterocycles. The van der Waals surface area contributed by atoms with Crippen molar-refractivity contribution < 1.29 is 19.4 Å². The molecule has 1 amide bonds. The first-order chi connectivity index (χ1) is 16.7. The van der Waals surface area contributed by atoms with Crippen molar-refractivity contribution in [2.45, 2.75) is 69.9 Å². The number of likely N-dealkylation sites (tertiary alicyclic amines) is 1. The van der Waals surface area contributed by atoms with Crippen LogP contribution < -0.4 is 10.5 Å². The third-order valence-corrected chi connectivity index (χ3v) is 7.52. The van der Waals surface area contributed by atoms with Crippen LogP contribution in [0.1, 0.15) is 69.4 Å². The summed E-state index contributed by atoms with van der Waals surface area (Å²) in [4.78, 5) is 39.0. The molecule has 3 aliphatic rings. The molecule has 1 aromatic carbocycles. The number of hydrogen-bond acceptors (Lipinski definition) is 7. The fourth-order valence-corrected chi connectivity index (χ4v) is 5.61. The zero-order chi connectivity index (χ0) is 24.7. The fourth-order valence-electron chi connectivity index (χ4n) is 5.61. The number of aliphatic carboxylic acids is 1. The Morgan fingerprint density at radius 2 is 1.80 bits per heavy atom. The molecular formula is C26H31N5O4. The van der Waals surface area contributed by atoms with Gasteiger partial charge in [0, 0.05) is 18.0 Å². The van der Waals surface area contributed by atoms with Gasteiger partial charge >= 0.3 is 5.97 Å². The maximum atomic E-state index is 13.0. The van der Waals surface area contributed by atoms with Crippen LogP contribution >= 0.6 is 0 Å². The summed E-state index contributed by atoms with van der Waals surface area (Å²) in [7, 11) is 0. The molecule has 0 radical (unpaired) electrons. The number of carboxylic acid groups (broad SMARTS) is 1. The Hall–Kier alpha value is -3.49. The first kappa shape index (κ1) is 23.3. The van der Waals surface area contributed by atoms with E-state index in [2.05, 4.69) is 34.2 Å². The minimum atomic E-state index is -0.889. The SMILES string of the molecule is CC1(C)Oc2ncnc(N)c2N=C1c1ccc([C@H]2CC[C@H](C(=O)N3CCCC3C(=O)O)CC2)cc1. The van der Waals surface area contributed by atoms with Gasteiger partial charge in [-0.15, -0.1) is 0 Å². The fraction of sp³-hybridized carbons (Fsp3) is 0.500. The van der Waals surface area contributed by atoms with E-state index in [1.165, 1.54) is 11.9 Å². The topological polar surface area (TPSA) is 131 Å². The number of anilines is 1. The van der Waals surface area contributed by atoms with Crippen molar-refractivity contribution in [2.75, 3.05) is 12.3 Å². The van der Waals surface area contributed by atoms with Gasteiger partial charge in [-0.3, -0.25) is 4.79 Å². The second kappa shape index (κ2) is 8.94. The minimum absolute atomic E-state index is 0.0183. The molecule has 1 aromatic heterocycles. The molecule has 1 saturated carbocycles. The van der Waals surface area contributed by atoms with Crippen molar-refractivity contribution >= 4 is 29.1 Å². The summed E-state index contributed by atoms with van der Waals surface area (Å²) in [6, 6.07) is 7.72. The van der Waals surface area contributed by atoms with Crippen LogP contribution in [-0.2, 0) is 9.59 Å². The summed E-state index contributed by atoms with van der Waals surface area (Å²) in [5.41, 5.74) is 8.74. The van der Waals surface area contributed by atoms with Crippen LogP contribution in [0.4, 0.5) is 11.5 Å². The summed E-state index contributed by atoms with van der Waals surface area (Å²) in [5, 5.41) is 9.41. The maximum absolute atomic E-state index is 13.0. The van der Waals surface area contributed by atoms with Crippen LogP contribution in [0.2, 0.25) is 0 Å². The van der Waals surface area contributed by atoms with E-state index in [4.69, 9.17) is 15.5 Å². The van der Waals surface area contributed by atoms with Crippen LogP contribution in [0.5, 0.6) is 5.88 Å². The second-order valence-electron chi connectivity index (χ2n) is 10.2. The van der Waals surface area contributed by atoms with Crippen molar-refractivity contribution in [2.24, 2.45) is 10.9 Å². The molecule has 3 heterocycles. The van der Waals surface area contributed by atoms with Gasteiger partial charge in [-0.1, -0.05) is 24.3 Å². The van der Waals surface area contributed by atoms with E-state index in [1.807, 2.05) is 13.8 Å². The van der Waals surface area contributed by atoms with Gasteiger partial charge in [0.05, 0.1) is 5.71 Å². The number of carbonyl (C=O) groups excluding carboxylic acids is 1. The van der Waals surface area contributed by atoms with E-state index in [9.17, 15) is 14.7 Å². The highest BCUT2D eigenvalue weighted by molar-refractivity contribution is 6.09. The lowest BCUT2D eigenvalue weighted by atomic mass is 9.78. The standard InChI is InChI=1S/C26H31N5O4/c1-26(2)21(30-20-22(27)28-14-29-23(20)35-26)17-9-5-15(6-10-17)16-7-11-18(12-8-16)24(32)31-13-3-4-19(31)25(33)34/h5-6,9-10,14,16,18-19H,3-4,7-8,11-13H2,1-2H3,(H,33,34)(H2,27,28,29)/t16-,18-,19?. The van der Waals surface area contributed by atoms with Crippen LogP contribution in [0.25, 0.3) is 0 Å². The number of nitrogens with two attached hydrogens (primary N) is 1. The summed E-state index contributed by atoms with van der Waals surface area (Å²) in [5.74, 6) is 0.105. The Labute approximate surface area is 204 Å². The Morgan fingerprint density at radius 3 is 2.49 bits per heavy atom. The molecule has 0 spiro atoms. The Balaban J connectivity index is 1.27. The molecule has 35 heavy (non-hydrogen) atoms. The maximum Gasteiger partial charge on any atom is 0.326 e. The number of rotatable bonds is 4. The van der Waals surface area contributed by atoms with Gasteiger partial charge in [-0.2, -0.15) is 4.98 Å². The number of aliphatic imine (C=N–C) groups is 1. The van der Waals surface area contributed by atoms with Gasteiger partial charge in [-0.05, 0) is 63.9 Å². The van der Waals surface area contributed by atoms with Crippen molar-refractivity contribution in [3.63, 3.8) is 0 Å². The van der Waals surface area contributed by atoms with Gasteiger partial charge in [-0.25, -0.2) is 14.8 Å². The van der Waals surface area contributed by atoms with Gasteiger partial charge in [0.1, 0.15) is 18.0 Å². The van der Waals surface area contributed by atoms with Crippen LogP contribution in [0.3, 0.4) is 0 Å². The normalized spacial score (nSPS) is 25.4. The van der Waals surface area contributed by atoms with Gasteiger partial charge in [0.25, 0.3) is 0 Å². The van der Waals surface area contributed by atoms with E-state index in [1.54, 1.807) is 4.90 Å². The Bertz CT molecular complexity index is 1170. The van der Waals surface area contributed by atoms with E-state index in [-0.39, 0.29) is 17.6 Å². The molecule has 1 unspecified atom stereocenters. The van der Waals surface area contributed by atoms with Gasteiger partial charge < -0.3 is 20.5 Å². The lowest BCUT2D eigenvalue weighted by Gasteiger charge is -2.33. The zero-order valence-corrected chi connectivity index (χ0v) is 20.1. The van der Waals surface area contributed by atoms with Gasteiger partial charge in [0.15, 0.2) is 11.5 Å². The monoisotopic (exact) mass is 477 g/mol. The molecule has 5 rings (SSSR count). The lowest BCUT2D eigenvalue weighted by molar-refractivity contribution is -0.150. The number of nitrogen functional groups attached to an aromatic ring is 1. The van der Waals surface area contributed by atoms with Crippen LogP contribution in [0.15, 0.2) is 35.6 Å². The molecule has 2 aromatic rings. The molecule has 1 atom stereocenters. The van der Waals surface area contributed by atoms with Crippen molar-refractivity contribution in [3.05, 3.63) is 41.7 Å². The minimum Gasteiger partial charge on any atom is -0.480 e. The molecule has 9 heteroatoms. The molecule has 184 valence electrons. The number of amides is 1. The second-order valence-corrected chi connectivity index (χ2v) is 10.2. The van der Waals surface area contributed by atoms with Crippen LogP contribution in [0, 0.1) is 5.92 Å². The highest BCUT2D eigenvalue weighted by atomic mass is 16.5. The van der Waals surface area contributed by atoms with Crippen molar-refractivity contribution in [3.8, 4) is 5.88 Å². The molecule has 9 nitrogen and oxygen atoms in total. The summed E-state index contributed by atoms with van der Waals surface area (Å²) in [6.07, 6.45) is 6.10. The average Bonchev–Trinajstić information content (AvgIpc) is 3.34. The lowest BCUT2D eigenvalue weighted by Crippen LogP contribution is -2.44. The van der Waals surface area contributed by atoms with Crippen molar-refractivity contribution in [1.82, 2.24) is 14.9 Å². The molecule has 2 aliphatic heterocycles. The predicted octanol–water partition coefficient (Wildman–Crippen LogP) is 3.70. The zero-order valence-electron chi connectivity index (χ0n) is 20.1. The Morgan fingerprint density at radius 1 is 1.09 bits per heavy atom. The highest BCUT2D eigenvalue weighted by Gasteiger charge is 2.39. The molecular weight excluding hydrogens is 446 g/mol. The number of fused-ring (bicyclic) bond motifs is 1. The third-order valence-electron chi connectivity index (χ3n) is 7.52. The van der Waals surface area contributed by atoms with E-state index in [0.29, 0.717) is 30.5 Å². The molecule has 1 aliphatic carbocycles. The Kier molecular flexibility index (Phi) is 5.94. The molecule has 2 fully saturated rings. The average molecular weight is 478 g/mol. The van der Waals surface area contributed by atoms with E-state index < -0.39 is 17.6 Å². The number of hydrogen-bond donors (Lipinski definition) is 2. The first-order valence-corrected chi connectivity index (χ1v) is 12.3. The summed E-state index contributed by atoms with van der Waals surface area (Å²) in [6.45, 7) is 4.46. The largest absolute Gasteiger partial charge is 0.480 e. The first-order valence-electron chi connectivity index (χ1n) is 12.3. The number of ether oxygens (including phenoxy) is 1. The van der Waals surface area contributed by atoms with Gasteiger partial charge in [0.2, 0.25) is 11.8 Å². The van der Waals surface area contributed by atoms with Crippen LogP contribution in [-0.4, -0.2) is 55.8 Å².